The van der Waals surface area contributed by atoms with E-state index in [4.69, 9.17) is 21.1 Å². The number of methoxy groups -OCH3 is 1. The van der Waals surface area contributed by atoms with Crippen LogP contribution >= 0.6 is 11.6 Å². The fourth-order valence-electron chi connectivity index (χ4n) is 4.16. The van der Waals surface area contributed by atoms with Gasteiger partial charge in [0, 0.05) is 43.3 Å². The smallest absolute Gasteiger partial charge is 0.337 e. The summed E-state index contributed by atoms with van der Waals surface area (Å²) in [7, 11) is 1.35. The fourth-order valence-corrected chi connectivity index (χ4v) is 4.28. The van der Waals surface area contributed by atoms with Crippen molar-refractivity contribution in [2.45, 2.75) is 12.7 Å². The zero-order valence-corrected chi connectivity index (χ0v) is 20.8. The molecular weight excluding hydrogens is 483 g/mol. The van der Waals surface area contributed by atoms with E-state index in [9.17, 15) is 14.0 Å². The Labute approximate surface area is 215 Å². The van der Waals surface area contributed by atoms with Gasteiger partial charge in [0.05, 0.1) is 25.4 Å². The van der Waals surface area contributed by atoms with E-state index < -0.39 is 5.82 Å². The normalized spacial score (nSPS) is 14.9. The molecule has 0 spiro atoms. The standard InChI is InChI=1S/C28H28ClFN2O4/c1-35-28(34)22-7-5-20(6-8-22)19-36-26(21-9-11-24(29)12-10-21)18-31-13-15-32(16-14-31)27(33)23-3-2-4-25(30)17-23/h2-12,17,26H,13-16,18-19H2,1H3. The van der Waals surface area contributed by atoms with Crippen LogP contribution in [0.15, 0.2) is 72.8 Å². The monoisotopic (exact) mass is 510 g/mol. The van der Waals surface area contributed by atoms with Gasteiger partial charge in [0.25, 0.3) is 5.91 Å². The van der Waals surface area contributed by atoms with Gasteiger partial charge in [-0.1, -0.05) is 41.9 Å². The molecule has 0 radical (unpaired) electrons. The molecule has 0 aromatic heterocycles. The quantitative estimate of drug-likeness (QED) is 0.400. The van der Waals surface area contributed by atoms with Crippen LogP contribution in [0.5, 0.6) is 0 Å². The zero-order chi connectivity index (χ0) is 25.5. The Balaban J connectivity index is 1.38. The van der Waals surface area contributed by atoms with Crippen LogP contribution in [-0.4, -0.2) is 61.5 Å². The number of halogens is 2. The molecule has 8 heteroatoms. The van der Waals surface area contributed by atoms with Crippen molar-refractivity contribution in [1.29, 1.82) is 0 Å². The van der Waals surface area contributed by atoms with Crippen LogP contribution in [0, 0.1) is 5.82 Å². The number of carbonyl (C=O) groups excluding carboxylic acids is 2. The number of hydrogen-bond donors (Lipinski definition) is 0. The van der Waals surface area contributed by atoms with Crippen LogP contribution in [0.4, 0.5) is 4.39 Å². The minimum atomic E-state index is -0.414. The van der Waals surface area contributed by atoms with Crippen molar-refractivity contribution in [1.82, 2.24) is 9.80 Å². The van der Waals surface area contributed by atoms with Gasteiger partial charge in [0.1, 0.15) is 5.82 Å². The lowest BCUT2D eigenvalue weighted by Gasteiger charge is -2.36. The Morgan fingerprint density at radius 1 is 0.944 bits per heavy atom. The lowest BCUT2D eigenvalue weighted by molar-refractivity contribution is 0.00340. The van der Waals surface area contributed by atoms with E-state index in [0.29, 0.717) is 55.5 Å². The predicted molar refractivity (Wildman–Crippen MR) is 136 cm³/mol. The molecule has 3 aromatic rings. The molecule has 36 heavy (non-hydrogen) atoms. The number of ether oxygens (including phenoxy) is 2. The topological polar surface area (TPSA) is 59.1 Å². The molecule has 0 aliphatic carbocycles. The minimum Gasteiger partial charge on any atom is -0.465 e. The lowest BCUT2D eigenvalue weighted by atomic mass is 10.1. The van der Waals surface area contributed by atoms with Gasteiger partial charge >= 0.3 is 5.97 Å². The highest BCUT2D eigenvalue weighted by molar-refractivity contribution is 6.30. The van der Waals surface area contributed by atoms with Crippen molar-refractivity contribution in [3.05, 3.63) is 106 Å². The Morgan fingerprint density at radius 2 is 1.64 bits per heavy atom. The summed E-state index contributed by atoms with van der Waals surface area (Å²) in [5.74, 6) is -0.950. The van der Waals surface area contributed by atoms with Gasteiger partial charge in [0.15, 0.2) is 0 Å². The molecule has 1 unspecified atom stereocenters. The van der Waals surface area contributed by atoms with E-state index in [1.807, 2.05) is 36.4 Å². The lowest BCUT2D eigenvalue weighted by Crippen LogP contribution is -2.49. The molecule has 4 rings (SSSR count). The highest BCUT2D eigenvalue weighted by Gasteiger charge is 2.25. The van der Waals surface area contributed by atoms with Crippen molar-refractivity contribution in [2.75, 3.05) is 39.8 Å². The number of rotatable bonds is 8. The molecule has 1 aliphatic rings. The number of esters is 1. The number of hydrogen-bond acceptors (Lipinski definition) is 5. The molecule has 1 atom stereocenters. The number of amides is 1. The van der Waals surface area contributed by atoms with Crippen molar-refractivity contribution >= 4 is 23.5 Å². The van der Waals surface area contributed by atoms with Crippen LogP contribution in [0.2, 0.25) is 5.02 Å². The second kappa shape index (κ2) is 12.1. The van der Waals surface area contributed by atoms with E-state index >= 15 is 0 Å². The Kier molecular flexibility index (Phi) is 8.70. The molecule has 0 bridgehead atoms. The molecule has 6 nitrogen and oxygen atoms in total. The van der Waals surface area contributed by atoms with E-state index in [-0.39, 0.29) is 18.0 Å². The molecule has 0 N–H and O–H groups in total. The highest BCUT2D eigenvalue weighted by atomic mass is 35.5. The Morgan fingerprint density at radius 3 is 2.28 bits per heavy atom. The molecule has 1 heterocycles. The Hall–Kier alpha value is -3.26. The summed E-state index contributed by atoms with van der Waals surface area (Å²) < 4.78 is 24.6. The average Bonchev–Trinajstić information content (AvgIpc) is 2.91. The zero-order valence-electron chi connectivity index (χ0n) is 20.0. The van der Waals surface area contributed by atoms with Gasteiger partial charge in [-0.05, 0) is 53.6 Å². The van der Waals surface area contributed by atoms with Gasteiger partial charge < -0.3 is 14.4 Å². The van der Waals surface area contributed by atoms with E-state index in [0.717, 1.165) is 11.1 Å². The molecular formula is C28H28ClFN2O4. The van der Waals surface area contributed by atoms with Gasteiger partial charge in [-0.15, -0.1) is 0 Å². The summed E-state index contributed by atoms with van der Waals surface area (Å²) in [5.41, 5.74) is 2.79. The van der Waals surface area contributed by atoms with Gasteiger partial charge in [0.2, 0.25) is 0 Å². The number of nitrogens with zero attached hydrogens (tertiary/aromatic N) is 2. The fraction of sp³-hybridized carbons (Fsp3) is 0.286. The molecule has 1 fully saturated rings. The second-order valence-corrected chi connectivity index (χ2v) is 9.08. The van der Waals surface area contributed by atoms with Crippen LogP contribution in [-0.2, 0) is 16.1 Å². The maximum atomic E-state index is 13.5. The SMILES string of the molecule is COC(=O)c1ccc(COC(CN2CCN(C(=O)c3cccc(F)c3)CC2)c2ccc(Cl)cc2)cc1. The summed E-state index contributed by atoms with van der Waals surface area (Å²) in [6, 6.07) is 20.5. The molecule has 1 saturated heterocycles. The van der Waals surface area contributed by atoms with Crippen LogP contribution in [0.1, 0.15) is 37.9 Å². The highest BCUT2D eigenvalue weighted by Crippen LogP contribution is 2.24. The summed E-state index contributed by atoms with van der Waals surface area (Å²) in [4.78, 5) is 28.4. The van der Waals surface area contributed by atoms with Crippen molar-refractivity contribution < 1.29 is 23.5 Å². The minimum absolute atomic E-state index is 0.157. The summed E-state index contributed by atoms with van der Waals surface area (Å²) in [6.07, 6.45) is -0.215. The van der Waals surface area contributed by atoms with Crippen LogP contribution in [0.3, 0.4) is 0 Å². The molecule has 1 aliphatic heterocycles. The first-order valence-electron chi connectivity index (χ1n) is 11.7. The van der Waals surface area contributed by atoms with Crippen LogP contribution in [0.25, 0.3) is 0 Å². The number of piperazine rings is 1. The number of benzene rings is 3. The summed E-state index contributed by atoms with van der Waals surface area (Å²) in [5, 5.41) is 0.653. The second-order valence-electron chi connectivity index (χ2n) is 8.64. The summed E-state index contributed by atoms with van der Waals surface area (Å²) in [6.45, 7) is 3.48. The maximum Gasteiger partial charge on any atom is 0.337 e. The molecule has 3 aromatic carbocycles. The van der Waals surface area contributed by atoms with E-state index in [1.165, 1.54) is 19.2 Å². The van der Waals surface area contributed by atoms with E-state index in [1.54, 1.807) is 29.2 Å². The van der Waals surface area contributed by atoms with Crippen LogP contribution < -0.4 is 0 Å². The Bertz CT molecular complexity index is 1180. The average molecular weight is 511 g/mol. The van der Waals surface area contributed by atoms with Crippen molar-refractivity contribution in [2.24, 2.45) is 0 Å². The third-order valence-electron chi connectivity index (χ3n) is 6.22. The first kappa shape index (κ1) is 25.8. The first-order valence-corrected chi connectivity index (χ1v) is 12.1. The van der Waals surface area contributed by atoms with E-state index in [2.05, 4.69) is 4.90 Å². The molecule has 0 saturated carbocycles. The van der Waals surface area contributed by atoms with Crippen molar-refractivity contribution in [3.63, 3.8) is 0 Å². The van der Waals surface area contributed by atoms with Gasteiger partial charge in [-0.2, -0.15) is 0 Å². The molecule has 188 valence electrons. The number of carbonyl (C=O) groups is 2. The van der Waals surface area contributed by atoms with Gasteiger partial charge in [-0.25, -0.2) is 9.18 Å². The molecule has 1 amide bonds. The third-order valence-corrected chi connectivity index (χ3v) is 6.48. The third kappa shape index (κ3) is 6.69. The summed E-state index contributed by atoms with van der Waals surface area (Å²) >= 11 is 6.09. The largest absolute Gasteiger partial charge is 0.465 e. The first-order chi connectivity index (χ1) is 17.4. The van der Waals surface area contributed by atoms with Crippen molar-refractivity contribution in [3.8, 4) is 0 Å². The van der Waals surface area contributed by atoms with Gasteiger partial charge in [-0.3, -0.25) is 9.69 Å². The predicted octanol–water partition coefficient (Wildman–Crippen LogP) is 4.98. The maximum absolute atomic E-state index is 13.5.